The lowest BCUT2D eigenvalue weighted by atomic mass is 9.80. The van der Waals surface area contributed by atoms with E-state index in [2.05, 4.69) is 12.2 Å². The van der Waals surface area contributed by atoms with E-state index in [1.165, 1.54) is 0 Å². The Kier molecular flexibility index (Phi) is 4.09. The van der Waals surface area contributed by atoms with Gasteiger partial charge in [0.1, 0.15) is 6.04 Å². The normalized spacial score (nSPS) is 27.4. The van der Waals surface area contributed by atoms with Crippen LogP contribution in [-0.4, -0.2) is 49.1 Å². The third-order valence-corrected chi connectivity index (χ3v) is 4.34. The van der Waals surface area contributed by atoms with E-state index in [1.807, 2.05) is 20.8 Å². The second-order valence-corrected chi connectivity index (χ2v) is 7.48. The van der Waals surface area contributed by atoms with Crippen LogP contribution >= 0.6 is 0 Å². The Morgan fingerprint density at radius 3 is 2.45 bits per heavy atom. The van der Waals surface area contributed by atoms with Crippen LogP contribution in [0.15, 0.2) is 0 Å². The molecule has 1 N–H and O–H groups in total. The molecule has 2 aliphatic heterocycles. The standard InChI is InChI=1S/C15H26N2O3/c1-14(2,3)12-13(19)17(9-11(18)16-12)10-15(4)5-7-20-8-6-15/h12H,5-10H2,1-4H3,(H,16,18). The van der Waals surface area contributed by atoms with Gasteiger partial charge in [0.05, 0.1) is 6.54 Å². The topological polar surface area (TPSA) is 58.6 Å². The van der Waals surface area contributed by atoms with Crippen molar-refractivity contribution in [1.29, 1.82) is 0 Å². The van der Waals surface area contributed by atoms with Gasteiger partial charge in [0.25, 0.3) is 0 Å². The smallest absolute Gasteiger partial charge is 0.246 e. The summed E-state index contributed by atoms with van der Waals surface area (Å²) in [5.41, 5.74) is -0.198. The molecule has 2 fully saturated rings. The van der Waals surface area contributed by atoms with E-state index in [-0.39, 0.29) is 29.2 Å². The number of nitrogens with one attached hydrogen (secondary N) is 1. The summed E-state index contributed by atoms with van der Waals surface area (Å²) in [5.74, 6) is -0.00926. The Bertz CT molecular complexity index is 394. The number of rotatable bonds is 2. The highest BCUT2D eigenvalue weighted by atomic mass is 16.5. The van der Waals surface area contributed by atoms with Crippen LogP contribution in [0.4, 0.5) is 0 Å². The monoisotopic (exact) mass is 282 g/mol. The largest absolute Gasteiger partial charge is 0.381 e. The van der Waals surface area contributed by atoms with Crippen molar-refractivity contribution >= 4 is 11.8 Å². The fourth-order valence-electron chi connectivity index (χ4n) is 2.91. The van der Waals surface area contributed by atoms with E-state index in [0.717, 1.165) is 26.1 Å². The molecule has 5 heteroatoms. The Morgan fingerprint density at radius 2 is 1.90 bits per heavy atom. The van der Waals surface area contributed by atoms with Crippen molar-refractivity contribution in [3.63, 3.8) is 0 Å². The predicted molar refractivity (Wildman–Crippen MR) is 76.1 cm³/mol. The van der Waals surface area contributed by atoms with Crippen LogP contribution in [0.25, 0.3) is 0 Å². The Balaban J connectivity index is 2.10. The molecule has 2 heterocycles. The second-order valence-electron chi connectivity index (χ2n) is 7.48. The average molecular weight is 282 g/mol. The first-order valence-corrected chi connectivity index (χ1v) is 7.37. The average Bonchev–Trinajstić information content (AvgIpc) is 2.32. The first-order chi connectivity index (χ1) is 9.21. The molecule has 0 saturated carbocycles. The Labute approximate surface area is 121 Å². The van der Waals surface area contributed by atoms with Gasteiger partial charge in [-0.3, -0.25) is 9.59 Å². The van der Waals surface area contributed by atoms with Gasteiger partial charge in [-0.2, -0.15) is 0 Å². The van der Waals surface area contributed by atoms with Gasteiger partial charge in [0, 0.05) is 19.8 Å². The van der Waals surface area contributed by atoms with Gasteiger partial charge in [-0.05, 0) is 23.7 Å². The number of nitrogens with zero attached hydrogens (tertiary/aromatic N) is 1. The maximum absolute atomic E-state index is 12.6. The number of carbonyl (C=O) groups excluding carboxylic acids is 2. The van der Waals surface area contributed by atoms with E-state index in [1.54, 1.807) is 4.90 Å². The van der Waals surface area contributed by atoms with Crippen LogP contribution < -0.4 is 5.32 Å². The zero-order valence-corrected chi connectivity index (χ0v) is 13.0. The molecule has 2 rings (SSSR count). The van der Waals surface area contributed by atoms with Gasteiger partial charge >= 0.3 is 0 Å². The van der Waals surface area contributed by atoms with Gasteiger partial charge in [-0.15, -0.1) is 0 Å². The van der Waals surface area contributed by atoms with Crippen molar-refractivity contribution in [2.75, 3.05) is 26.3 Å². The minimum absolute atomic E-state index is 0.0461. The Hall–Kier alpha value is -1.10. The first-order valence-electron chi connectivity index (χ1n) is 7.37. The van der Waals surface area contributed by atoms with Gasteiger partial charge in [0.2, 0.25) is 11.8 Å². The van der Waals surface area contributed by atoms with Gasteiger partial charge < -0.3 is 15.0 Å². The van der Waals surface area contributed by atoms with E-state index in [0.29, 0.717) is 6.54 Å². The molecule has 0 aromatic rings. The lowest BCUT2D eigenvalue weighted by Gasteiger charge is -2.43. The van der Waals surface area contributed by atoms with Crippen molar-refractivity contribution in [2.24, 2.45) is 10.8 Å². The molecule has 0 bridgehead atoms. The third-order valence-electron chi connectivity index (χ3n) is 4.34. The van der Waals surface area contributed by atoms with Crippen LogP contribution in [0.1, 0.15) is 40.5 Å². The molecule has 0 aromatic carbocycles. The maximum atomic E-state index is 12.6. The van der Waals surface area contributed by atoms with Crippen LogP contribution in [0, 0.1) is 10.8 Å². The van der Waals surface area contributed by atoms with Crippen molar-refractivity contribution in [1.82, 2.24) is 10.2 Å². The molecule has 1 unspecified atom stereocenters. The summed E-state index contributed by atoms with van der Waals surface area (Å²) in [5, 5.41) is 2.83. The zero-order valence-electron chi connectivity index (χ0n) is 13.0. The van der Waals surface area contributed by atoms with E-state index in [9.17, 15) is 9.59 Å². The van der Waals surface area contributed by atoms with Crippen molar-refractivity contribution in [3.05, 3.63) is 0 Å². The predicted octanol–water partition coefficient (Wildman–Crippen LogP) is 1.18. The molecule has 0 spiro atoms. The molecule has 0 aromatic heterocycles. The fourth-order valence-corrected chi connectivity index (χ4v) is 2.91. The highest BCUT2D eigenvalue weighted by molar-refractivity contribution is 5.95. The minimum Gasteiger partial charge on any atom is -0.381 e. The van der Waals surface area contributed by atoms with E-state index >= 15 is 0 Å². The van der Waals surface area contributed by atoms with E-state index < -0.39 is 6.04 Å². The molecule has 2 saturated heterocycles. The van der Waals surface area contributed by atoms with Crippen LogP contribution in [0.3, 0.4) is 0 Å². The van der Waals surface area contributed by atoms with Crippen LogP contribution in [0.2, 0.25) is 0 Å². The summed E-state index contributed by atoms with van der Waals surface area (Å²) < 4.78 is 5.39. The number of hydrogen-bond donors (Lipinski definition) is 1. The van der Waals surface area contributed by atoms with Crippen molar-refractivity contribution in [2.45, 2.75) is 46.6 Å². The molecule has 20 heavy (non-hydrogen) atoms. The summed E-state index contributed by atoms with van der Waals surface area (Å²) in [4.78, 5) is 26.2. The van der Waals surface area contributed by atoms with Crippen molar-refractivity contribution < 1.29 is 14.3 Å². The molecule has 0 aliphatic carbocycles. The summed E-state index contributed by atoms with van der Waals surface area (Å²) in [6, 6.07) is -0.424. The fraction of sp³-hybridized carbons (Fsp3) is 0.867. The number of ether oxygens (including phenoxy) is 1. The van der Waals surface area contributed by atoms with Crippen molar-refractivity contribution in [3.8, 4) is 0 Å². The highest BCUT2D eigenvalue weighted by Crippen LogP contribution is 2.32. The summed E-state index contributed by atoms with van der Waals surface area (Å²) in [6.45, 7) is 10.4. The van der Waals surface area contributed by atoms with Crippen LogP contribution in [-0.2, 0) is 14.3 Å². The molecule has 5 nitrogen and oxygen atoms in total. The lowest BCUT2D eigenvalue weighted by molar-refractivity contribution is -0.149. The SMILES string of the molecule is CC1(CN2CC(=O)NC(C(C)(C)C)C2=O)CCOCC1. The zero-order chi connectivity index (χ0) is 15.0. The van der Waals surface area contributed by atoms with Gasteiger partial charge in [-0.25, -0.2) is 0 Å². The minimum atomic E-state index is -0.424. The van der Waals surface area contributed by atoms with Gasteiger partial charge in [0.15, 0.2) is 0 Å². The molecule has 2 aliphatic rings. The molecular weight excluding hydrogens is 256 g/mol. The Morgan fingerprint density at radius 1 is 1.30 bits per heavy atom. The molecule has 1 atom stereocenters. The second kappa shape index (κ2) is 5.35. The van der Waals surface area contributed by atoms with E-state index in [4.69, 9.17) is 4.74 Å². The number of amides is 2. The van der Waals surface area contributed by atoms with Crippen LogP contribution in [0.5, 0.6) is 0 Å². The lowest BCUT2D eigenvalue weighted by Crippen LogP contribution is -2.63. The first kappa shape index (κ1) is 15.3. The molecule has 2 amide bonds. The van der Waals surface area contributed by atoms with Gasteiger partial charge in [-0.1, -0.05) is 27.7 Å². The summed E-state index contributed by atoms with van der Waals surface area (Å²) in [7, 11) is 0. The summed E-state index contributed by atoms with van der Waals surface area (Å²) >= 11 is 0. The quantitative estimate of drug-likeness (QED) is 0.827. The number of carbonyl (C=O) groups is 2. The molecule has 0 radical (unpaired) electrons. The molecule has 114 valence electrons. The number of hydrogen-bond acceptors (Lipinski definition) is 3. The highest BCUT2D eigenvalue weighted by Gasteiger charge is 2.42. The molecular formula is C15H26N2O3. The summed E-state index contributed by atoms with van der Waals surface area (Å²) in [6.07, 6.45) is 1.89. The number of piperazine rings is 1. The maximum Gasteiger partial charge on any atom is 0.246 e. The third kappa shape index (κ3) is 3.32.